The molecule has 1 atom stereocenters. The van der Waals surface area contributed by atoms with E-state index < -0.39 is 6.10 Å². The van der Waals surface area contributed by atoms with Gasteiger partial charge in [0.2, 0.25) is 0 Å². The molecule has 0 unspecified atom stereocenters. The number of hydrogen-bond acceptors (Lipinski definition) is 4. The van der Waals surface area contributed by atoms with Gasteiger partial charge in [0.05, 0.1) is 0 Å². The van der Waals surface area contributed by atoms with Crippen LogP contribution in [0.3, 0.4) is 0 Å². The summed E-state index contributed by atoms with van der Waals surface area (Å²) in [4.78, 5) is 4.16. The standard InChI is InChI=1S/C8H16N4O/c1-5(2)7-10-8(12-11-7)6(13)3-4-9/h5-6,13H,3-4,9H2,1-2H3,(H,10,11,12)/t6-/m0/s1. The molecule has 74 valence electrons. The zero-order valence-corrected chi connectivity index (χ0v) is 7.99. The zero-order chi connectivity index (χ0) is 9.84. The Morgan fingerprint density at radius 1 is 1.54 bits per heavy atom. The summed E-state index contributed by atoms with van der Waals surface area (Å²) < 4.78 is 0. The van der Waals surface area contributed by atoms with Crippen molar-refractivity contribution in [1.29, 1.82) is 0 Å². The second-order valence-electron chi connectivity index (χ2n) is 3.33. The van der Waals surface area contributed by atoms with Gasteiger partial charge in [-0.1, -0.05) is 13.8 Å². The van der Waals surface area contributed by atoms with Crippen LogP contribution in [0.2, 0.25) is 0 Å². The maximum atomic E-state index is 9.50. The number of H-pyrrole nitrogens is 1. The van der Waals surface area contributed by atoms with Crippen molar-refractivity contribution >= 4 is 0 Å². The monoisotopic (exact) mass is 184 g/mol. The number of aromatic amines is 1. The minimum atomic E-state index is -0.620. The summed E-state index contributed by atoms with van der Waals surface area (Å²) >= 11 is 0. The van der Waals surface area contributed by atoms with Gasteiger partial charge in [0.15, 0.2) is 11.6 Å². The first-order chi connectivity index (χ1) is 6.15. The highest BCUT2D eigenvalue weighted by Crippen LogP contribution is 2.14. The molecule has 0 aliphatic heterocycles. The molecule has 1 heterocycles. The molecule has 0 radical (unpaired) electrons. The SMILES string of the molecule is CC(C)c1n[nH]c([C@@H](O)CCN)n1. The third-order valence-electron chi connectivity index (χ3n) is 1.79. The molecule has 5 nitrogen and oxygen atoms in total. The van der Waals surface area contributed by atoms with Crippen molar-refractivity contribution in [3.63, 3.8) is 0 Å². The minimum absolute atomic E-state index is 0.273. The molecule has 0 aliphatic rings. The van der Waals surface area contributed by atoms with Crippen LogP contribution in [0, 0.1) is 0 Å². The Labute approximate surface area is 77.4 Å². The summed E-state index contributed by atoms with van der Waals surface area (Å²) in [7, 11) is 0. The molecule has 0 saturated heterocycles. The van der Waals surface area contributed by atoms with Gasteiger partial charge in [-0.3, -0.25) is 5.10 Å². The van der Waals surface area contributed by atoms with E-state index in [9.17, 15) is 5.11 Å². The number of nitrogens with zero attached hydrogens (tertiary/aromatic N) is 2. The minimum Gasteiger partial charge on any atom is -0.385 e. The van der Waals surface area contributed by atoms with Gasteiger partial charge in [0.1, 0.15) is 6.10 Å². The van der Waals surface area contributed by atoms with E-state index >= 15 is 0 Å². The molecule has 1 rings (SSSR count). The Morgan fingerprint density at radius 3 is 2.69 bits per heavy atom. The molecule has 0 amide bonds. The summed E-state index contributed by atoms with van der Waals surface area (Å²) in [6.07, 6.45) is -0.114. The van der Waals surface area contributed by atoms with Gasteiger partial charge >= 0.3 is 0 Å². The van der Waals surface area contributed by atoms with Gasteiger partial charge in [-0.2, -0.15) is 5.10 Å². The van der Waals surface area contributed by atoms with E-state index in [4.69, 9.17) is 5.73 Å². The molecule has 0 fully saturated rings. The fourth-order valence-electron chi connectivity index (χ4n) is 0.990. The van der Waals surface area contributed by atoms with Crippen LogP contribution in [0.1, 0.15) is 43.9 Å². The van der Waals surface area contributed by atoms with E-state index in [0.717, 1.165) is 5.82 Å². The van der Waals surface area contributed by atoms with E-state index in [1.807, 2.05) is 13.8 Å². The number of hydrogen-bond donors (Lipinski definition) is 3. The largest absolute Gasteiger partial charge is 0.385 e. The van der Waals surface area contributed by atoms with Crippen LogP contribution in [-0.4, -0.2) is 26.8 Å². The number of aromatic nitrogens is 3. The first-order valence-corrected chi connectivity index (χ1v) is 4.45. The lowest BCUT2D eigenvalue weighted by Crippen LogP contribution is -2.08. The molecule has 0 saturated carbocycles. The summed E-state index contributed by atoms with van der Waals surface area (Å²) in [5.41, 5.74) is 5.31. The third kappa shape index (κ3) is 2.50. The predicted molar refractivity (Wildman–Crippen MR) is 49.1 cm³/mol. The molecular weight excluding hydrogens is 168 g/mol. The lowest BCUT2D eigenvalue weighted by Gasteiger charge is -2.03. The number of aliphatic hydroxyl groups is 1. The summed E-state index contributed by atoms with van der Waals surface area (Å²) in [6, 6.07) is 0. The summed E-state index contributed by atoms with van der Waals surface area (Å²) in [6.45, 7) is 4.45. The molecule has 0 spiro atoms. The van der Waals surface area contributed by atoms with Crippen LogP contribution < -0.4 is 5.73 Å². The summed E-state index contributed by atoms with van der Waals surface area (Å²) in [5.74, 6) is 1.51. The van der Waals surface area contributed by atoms with Crippen molar-refractivity contribution in [3.05, 3.63) is 11.6 Å². The molecule has 0 aromatic carbocycles. The van der Waals surface area contributed by atoms with Crippen LogP contribution in [0.15, 0.2) is 0 Å². The number of rotatable bonds is 4. The fourth-order valence-corrected chi connectivity index (χ4v) is 0.990. The first-order valence-electron chi connectivity index (χ1n) is 4.45. The molecule has 1 aromatic rings. The second kappa shape index (κ2) is 4.34. The van der Waals surface area contributed by atoms with Crippen molar-refractivity contribution < 1.29 is 5.11 Å². The van der Waals surface area contributed by atoms with Gasteiger partial charge in [0.25, 0.3) is 0 Å². The molecule has 13 heavy (non-hydrogen) atoms. The van der Waals surface area contributed by atoms with Crippen LogP contribution in [0.25, 0.3) is 0 Å². The molecular formula is C8H16N4O. The lowest BCUT2D eigenvalue weighted by molar-refractivity contribution is 0.160. The molecule has 1 aromatic heterocycles. The van der Waals surface area contributed by atoms with Crippen LogP contribution in [-0.2, 0) is 0 Å². The van der Waals surface area contributed by atoms with Gasteiger partial charge in [-0.05, 0) is 13.0 Å². The Bertz CT molecular complexity index is 258. The van der Waals surface area contributed by atoms with Crippen LogP contribution >= 0.6 is 0 Å². The number of aliphatic hydroxyl groups excluding tert-OH is 1. The van der Waals surface area contributed by atoms with E-state index in [-0.39, 0.29) is 5.92 Å². The highest BCUT2D eigenvalue weighted by atomic mass is 16.3. The van der Waals surface area contributed by atoms with Crippen molar-refractivity contribution in [1.82, 2.24) is 15.2 Å². The maximum Gasteiger partial charge on any atom is 0.153 e. The topological polar surface area (TPSA) is 87.8 Å². The second-order valence-corrected chi connectivity index (χ2v) is 3.33. The quantitative estimate of drug-likeness (QED) is 0.628. The highest BCUT2D eigenvalue weighted by Gasteiger charge is 2.13. The predicted octanol–water partition coefficient (Wildman–Crippen LogP) is 0.310. The van der Waals surface area contributed by atoms with Gasteiger partial charge in [-0.15, -0.1) is 0 Å². The van der Waals surface area contributed by atoms with Crippen molar-refractivity contribution in [2.24, 2.45) is 5.73 Å². The Hall–Kier alpha value is -0.940. The normalized spacial score (nSPS) is 13.6. The average molecular weight is 184 g/mol. The molecule has 0 aliphatic carbocycles. The summed E-state index contributed by atoms with van der Waals surface area (Å²) in [5, 5.41) is 16.2. The van der Waals surface area contributed by atoms with Gasteiger partial charge in [-0.25, -0.2) is 4.98 Å². The van der Waals surface area contributed by atoms with E-state index in [1.54, 1.807) is 0 Å². The Morgan fingerprint density at radius 2 is 2.23 bits per heavy atom. The third-order valence-corrected chi connectivity index (χ3v) is 1.79. The lowest BCUT2D eigenvalue weighted by atomic mass is 10.2. The van der Waals surface area contributed by atoms with Gasteiger partial charge in [0, 0.05) is 5.92 Å². The number of nitrogens with one attached hydrogen (secondary N) is 1. The fraction of sp³-hybridized carbons (Fsp3) is 0.750. The average Bonchev–Trinajstić information content (AvgIpc) is 2.52. The first kappa shape index (κ1) is 10.1. The molecule has 5 heteroatoms. The van der Waals surface area contributed by atoms with Crippen molar-refractivity contribution in [3.8, 4) is 0 Å². The highest BCUT2D eigenvalue weighted by molar-refractivity contribution is 4.97. The van der Waals surface area contributed by atoms with Crippen molar-refractivity contribution in [2.45, 2.75) is 32.3 Å². The maximum absolute atomic E-state index is 9.50. The Kier molecular flexibility index (Phi) is 3.39. The van der Waals surface area contributed by atoms with Gasteiger partial charge < -0.3 is 10.8 Å². The Balaban J connectivity index is 2.67. The van der Waals surface area contributed by atoms with E-state index in [2.05, 4.69) is 15.2 Å². The van der Waals surface area contributed by atoms with Crippen LogP contribution in [0.5, 0.6) is 0 Å². The smallest absolute Gasteiger partial charge is 0.153 e. The molecule has 0 bridgehead atoms. The van der Waals surface area contributed by atoms with E-state index in [1.165, 1.54) is 0 Å². The van der Waals surface area contributed by atoms with Crippen molar-refractivity contribution in [2.75, 3.05) is 6.54 Å². The van der Waals surface area contributed by atoms with E-state index in [0.29, 0.717) is 18.8 Å². The number of nitrogens with two attached hydrogens (primary N) is 1. The van der Waals surface area contributed by atoms with Crippen LogP contribution in [0.4, 0.5) is 0 Å². The molecule has 4 N–H and O–H groups in total. The zero-order valence-electron chi connectivity index (χ0n) is 7.99.